The van der Waals surface area contributed by atoms with Gasteiger partial charge in [0.1, 0.15) is 16.1 Å². The fourth-order valence-electron chi connectivity index (χ4n) is 2.87. The molecule has 0 N–H and O–H groups in total. The van der Waals surface area contributed by atoms with E-state index in [0.717, 1.165) is 12.8 Å². The Morgan fingerprint density at radius 1 is 0.667 bits per heavy atom. The van der Waals surface area contributed by atoms with Crippen molar-refractivity contribution in [2.45, 2.75) is 91.7 Å². The molecule has 0 unspecified atom stereocenters. The summed E-state index contributed by atoms with van der Waals surface area (Å²) in [6.07, 6.45) is 7.27. The van der Waals surface area contributed by atoms with Crippen molar-refractivity contribution in [3.8, 4) is 32.7 Å². The third-order valence-electron chi connectivity index (χ3n) is 4.47. The summed E-state index contributed by atoms with van der Waals surface area (Å²) < 4.78 is 0. The predicted octanol–water partition coefficient (Wildman–Crippen LogP) is 8.62. The van der Waals surface area contributed by atoms with Crippen molar-refractivity contribution in [3.05, 3.63) is 33.0 Å². The molecule has 0 saturated heterocycles. The standard InChI is InChI=1S/C26H38S2Si2/c1-9-11-13-23-19-21(15-17-29(3,4)5)25(27-23)26-22(16-18-30(6,7)8)20-24(28-26)14-12-10-2/h19-20H,9-14H2,1-8H3. The lowest BCUT2D eigenvalue weighted by Gasteiger charge is -2.04. The van der Waals surface area contributed by atoms with Crippen molar-refractivity contribution >= 4 is 38.8 Å². The molecule has 0 saturated carbocycles. The minimum absolute atomic E-state index is 1.16. The summed E-state index contributed by atoms with van der Waals surface area (Å²) in [7, 11) is -2.84. The van der Waals surface area contributed by atoms with Gasteiger partial charge in [0, 0.05) is 20.9 Å². The molecule has 0 atom stereocenters. The topological polar surface area (TPSA) is 0 Å². The van der Waals surface area contributed by atoms with E-state index in [1.54, 1.807) is 0 Å². The Morgan fingerprint density at radius 2 is 1.03 bits per heavy atom. The Hall–Kier alpha value is -1.05. The van der Waals surface area contributed by atoms with Crippen LogP contribution < -0.4 is 0 Å². The first-order valence-corrected chi connectivity index (χ1v) is 20.0. The average molecular weight is 471 g/mol. The zero-order valence-electron chi connectivity index (χ0n) is 20.2. The zero-order chi connectivity index (χ0) is 22.4. The van der Waals surface area contributed by atoms with Gasteiger partial charge in [-0.25, -0.2) is 0 Å². The van der Waals surface area contributed by atoms with Gasteiger partial charge in [-0.15, -0.1) is 33.8 Å². The number of thiophene rings is 2. The zero-order valence-corrected chi connectivity index (χ0v) is 23.8. The van der Waals surface area contributed by atoms with Crippen LogP contribution in [0.5, 0.6) is 0 Å². The van der Waals surface area contributed by atoms with E-state index in [1.807, 2.05) is 22.7 Å². The summed E-state index contributed by atoms with van der Waals surface area (Å²) in [5.41, 5.74) is 9.67. The van der Waals surface area contributed by atoms with Crippen LogP contribution in [-0.4, -0.2) is 16.1 Å². The highest BCUT2D eigenvalue weighted by atomic mass is 32.1. The van der Waals surface area contributed by atoms with Crippen molar-refractivity contribution < 1.29 is 0 Å². The Kier molecular flexibility index (Phi) is 9.25. The minimum atomic E-state index is -1.42. The maximum atomic E-state index is 3.61. The van der Waals surface area contributed by atoms with Crippen LogP contribution >= 0.6 is 22.7 Å². The monoisotopic (exact) mass is 470 g/mol. The molecule has 162 valence electrons. The molecule has 2 rings (SSSR count). The number of rotatable bonds is 7. The third kappa shape index (κ3) is 8.24. The first-order chi connectivity index (χ1) is 14.0. The van der Waals surface area contributed by atoms with Gasteiger partial charge in [0.25, 0.3) is 0 Å². The summed E-state index contributed by atoms with van der Waals surface area (Å²) >= 11 is 3.91. The van der Waals surface area contributed by atoms with Crippen LogP contribution in [0.25, 0.3) is 9.75 Å². The summed E-state index contributed by atoms with van der Waals surface area (Å²) in [5.74, 6) is 7.18. The molecule has 0 amide bonds. The molecule has 0 nitrogen and oxygen atoms in total. The van der Waals surface area contributed by atoms with Crippen LogP contribution in [0.1, 0.15) is 60.4 Å². The van der Waals surface area contributed by atoms with E-state index < -0.39 is 16.1 Å². The minimum Gasteiger partial charge on any atom is -0.138 e. The Morgan fingerprint density at radius 3 is 1.33 bits per heavy atom. The maximum absolute atomic E-state index is 3.61. The fraction of sp³-hybridized carbons (Fsp3) is 0.538. The Balaban J connectivity index is 2.60. The molecule has 0 radical (unpaired) electrons. The van der Waals surface area contributed by atoms with Gasteiger partial charge in [-0.1, -0.05) is 77.8 Å². The van der Waals surface area contributed by atoms with Crippen LogP contribution in [0.3, 0.4) is 0 Å². The van der Waals surface area contributed by atoms with Gasteiger partial charge in [0.2, 0.25) is 0 Å². The van der Waals surface area contributed by atoms with Crippen LogP contribution in [-0.2, 0) is 12.8 Å². The predicted molar refractivity (Wildman–Crippen MR) is 145 cm³/mol. The number of aryl methyl sites for hydroxylation is 2. The van der Waals surface area contributed by atoms with Crippen molar-refractivity contribution in [2.75, 3.05) is 0 Å². The van der Waals surface area contributed by atoms with Crippen LogP contribution in [0, 0.1) is 22.9 Å². The quantitative estimate of drug-likeness (QED) is 0.280. The van der Waals surface area contributed by atoms with E-state index >= 15 is 0 Å². The molecule has 0 aliphatic heterocycles. The number of unbranched alkanes of at least 4 members (excludes halogenated alkanes) is 2. The van der Waals surface area contributed by atoms with Crippen molar-refractivity contribution in [1.29, 1.82) is 0 Å². The van der Waals surface area contributed by atoms with Crippen molar-refractivity contribution in [2.24, 2.45) is 0 Å². The Labute approximate surface area is 195 Å². The molecule has 2 heterocycles. The second-order valence-corrected chi connectivity index (χ2v) is 21.9. The maximum Gasteiger partial charge on any atom is 0.129 e. The van der Waals surface area contributed by atoms with Crippen LogP contribution in [0.2, 0.25) is 39.3 Å². The van der Waals surface area contributed by atoms with Gasteiger partial charge < -0.3 is 0 Å². The van der Waals surface area contributed by atoms with Gasteiger partial charge >= 0.3 is 0 Å². The highest BCUT2D eigenvalue weighted by molar-refractivity contribution is 7.22. The van der Waals surface area contributed by atoms with Crippen molar-refractivity contribution in [1.82, 2.24) is 0 Å². The molecule has 0 aliphatic carbocycles. The van der Waals surface area contributed by atoms with E-state index in [-0.39, 0.29) is 0 Å². The first kappa shape index (κ1) is 25.2. The molecule has 30 heavy (non-hydrogen) atoms. The SMILES string of the molecule is CCCCc1cc(C#C[Si](C)(C)C)c(-c2sc(CCCC)cc2C#C[Si](C)(C)C)s1. The van der Waals surface area contributed by atoms with E-state index in [9.17, 15) is 0 Å². The van der Waals surface area contributed by atoms with E-state index in [1.165, 1.54) is 56.3 Å². The average Bonchev–Trinajstić information content (AvgIpc) is 3.23. The number of hydrogen-bond acceptors (Lipinski definition) is 2. The normalized spacial score (nSPS) is 11.6. The summed E-state index contributed by atoms with van der Waals surface area (Å²) in [4.78, 5) is 5.66. The third-order valence-corrected chi connectivity index (χ3v) is 8.77. The number of hydrogen-bond donors (Lipinski definition) is 0. The van der Waals surface area contributed by atoms with Gasteiger partial charge in [0.05, 0.1) is 9.75 Å². The molecule has 0 fully saturated rings. The first-order valence-electron chi connectivity index (χ1n) is 11.3. The molecule has 0 spiro atoms. The Bertz CT molecular complexity index is 877. The molecule has 0 bridgehead atoms. The van der Waals surface area contributed by atoms with Gasteiger partial charge in [0.15, 0.2) is 0 Å². The molecule has 0 aromatic carbocycles. The summed E-state index contributed by atoms with van der Waals surface area (Å²) in [6, 6.07) is 4.73. The van der Waals surface area contributed by atoms with Gasteiger partial charge in [-0.05, 0) is 37.8 Å². The lowest BCUT2D eigenvalue weighted by molar-refractivity contribution is 0.804. The van der Waals surface area contributed by atoms with Crippen molar-refractivity contribution in [3.63, 3.8) is 0 Å². The lowest BCUT2D eigenvalue weighted by atomic mass is 10.1. The smallest absolute Gasteiger partial charge is 0.129 e. The van der Waals surface area contributed by atoms with E-state index in [4.69, 9.17) is 0 Å². The highest BCUT2D eigenvalue weighted by Gasteiger charge is 2.18. The second-order valence-electron chi connectivity index (χ2n) is 10.1. The largest absolute Gasteiger partial charge is 0.138 e. The molecule has 0 aliphatic rings. The van der Waals surface area contributed by atoms with E-state index in [2.05, 4.69) is 88.2 Å². The molecular formula is C26H38S2Si2. The molecule has 2 aromatic heterocycles. The molecule has 2 aromatic rings. The summed E-state index contributed by atoms with van der Waals surface area (Å²) in [6.45, 7) is 18.5. The molecular weight excluding hydrogens is 433 g/mol. The van der Waals surface area contributed by atoms with Gasteiger partial charge in [-0.2, -0.15) is 0 Å². The van der Waals surface area contributed by atoms with Crippen LogP contribution in [0.4, 0.5) is 0 Å². The highest BCUT2D eigenvalue weighted by Crippen LogP contribution is 2.40. The lowest BCUT2D eigenvalue weighted by Crippen LogP contribution is -2.16. The summed E-state index contributed by atoms with van der Waals surface area (Å²) in [5, 5.41) is 0. The van der Waals surface area contributed by atoms with Crippen LogP contribution in [0.15, 0.2) is 12.1 Å². The van der Waals surface area contributed by atoms with Gasteiger partial charge in [-0.3, -0.25) is 0 Å². The second kappa shape index (κ2) is 11.0. The molecule has 4 heteroatoms. The fourth-order valence-corrected chi connectivity index (χ4v) is 6.35. The van der Waals surface area contributed by atoms with E-state index in [0.29, 0.717) is 0 Å².